The molecule has 0 heterocycles. The molecule has 6 heteroatoms. The fraction of sp³-hybridized carbons (Fsp3) is 0.200. The molecule has 0 aliphatic carbocycles. The second-order valence-electron chi connectivity index (χ2n) is 4.66. The van der Waals surface area contributed by atoms with Gasteiger partial charge in [0.1, 0.15) is 5.75 Å². The molecule has 21 heavy (non-hydrogen) atoms. The number of methoxy groups -OCH3 is 1. The third-order valence-electron chi connectivity index (χ3n) is 2.82. The molecule has 0 bridgehead atoms. The molecule has 2 rings (SSSR count). The number of ether oxygens (including phenoxy) is 1. The molecule has 0 radical (unpaired) electrons. The Morgan fingerprint density at radius 1 is 1.05 bits per heavy atom. The van der Waals surface area contributed by atoms with Crippen molar-refractivity contribution in [2.75, 3.05) is 23.4 Å². The molecular weight excluding hydrogens is 288 g/mol. The molecular formula is C15H18N2O3S. The maximum atomic E-state index is 11.1. The molecule has 0 saturated heterocycles. The van der Waals surface area contributed by atoms with E-state index in [1.54, 1.807) is 19.2 Å². The Balaban J connectivity index is 1.97. The van der Waals surface area contributed by atoms with Crippen LogP contribution in [0.2, 0.25) is 0 Å². The van der Waals surface area contributed by atoms with Crippen molar-refractivity contribution < 1.29 is 13.2 Å². The van der Waals surface area contributed by atoms with Crippen LogP contribution in [0.4, 0.5) is 11.4 Å². The highest BCUT2D eigenvalue weighted by Gasteiger charge is 2.01. The summed E-state index contributed by atoms with van der Waals surface area (Å²) in [4.78, 5) is 0. The van der Waals surface area contributed by atoms with Crippen molar-refractivity contribution >= 4 is 21.4 Å². The lowest BCUT2D eigenvalue weighted by atomic mass is 10.2. The van der Waals surface area contributed by atoms with E-state index in [1.165, 1.54) is 0 Å². The van der Waals surface area contributed by atoms with E-state index in [4.69, 9.17) is 4.74 Å². The van der Waals surface area contributed by atoms with Gasteiger partial charge in [-0.1, -0.05) is 12.1 Å². The fourth-order valence-corrected chi connectivity index (χ4v) is 2.42. The van der Waals surface area contributed by atoms with Gasteiger partial charge in [-0.25, -0.2) is 8.42 Å². The molecule has 2 aromatic rings. The second-order valence-corrected chi connectivity index (χ2v) is 6.41. The van der Waals surface area contributed by atoms with Gasteiger partial charge in [-0.15, -0.1) is 0 Å². The highest BCUT2D eigenvalue weighted by atomic mass is 32.2. The molecule has 0 aliphatic heterocycles. The first-order chi connectivity index (χ1) is 9.96. The fourth-order valence-electron chi connectivity index (χ4n) is 1.86. The van der Waals surface area contributed by atoms with Crippen LogP contribution in [0.3, 0.4) is 0 Å². The van der Waals surface area contributed by atoms with Crippen LogP contribution in [0.5, 0.6) is 5.75 Å². The molecule has 0 aromatic heterocycles. The lowest BCUT2D eigenvalue weighted by molar-refractivity contribution is 0.414. The van der Waals surface area contributed by atoms with Crippen LogP contribution in [0, 0.1) is 0 Å². The Labute approximate surface area is 125 Å². The molecule has 2 aromatic carbocycles. The summed E-state index contributed by atoms with van der Waals surface area (Å²) in [5, 5.41) is 3.27. The largest absolute Gasteiger partial charge is 0.497 e. The van der Waals surface area contributed by atoms with Gasteiger partial charge in [-0.2, -0.15) is 0 Å². The van der Waals surface area contributed by atoms with E-state index in [0.717, 1.165) is 23.3 Å². The minimum Gasteiger partial charge on any atom is -0.497 e. The van der Waals surface area contributed by atoms with Gasteiger partial charge in [-0.3, -0.25) is 4.72 Å². The van der Waals surface area contributed by atoms with E-state index in [1.807, 2.05) is 36.4 Å². The van der Waals surface area contributed by atoms with E-state index < -0.39 is 10.0 Å². The Bertz CT molecular complexity index is 697. The second kappa shape index (κ2) is 6.49. The van der Waals surface area contributed by atoms with Gasteiger partial charge in [0, 0.05) is 17.9 Å². The van der Waals surface area contributed by atoms with Crippen molar-refractivity contribution in [3.05, 3.63) is 54.1 Å². The third-order valence-corrected chi connectivity index (χ3v) is 3.43. The van der Waals surface area contributed by atoms with Crippen molar-refractivity contribution in [2.24, 2.45) is 0 Å². The monoisotopic (exact) mass is 306 g/mol. The molecule has 0 atom stereocenters. The smallest absolute Gasteiger partial charge is 0.229 e. The quantitative estimate of drug-likeness (QED) is 0.861. The number of hydrogen-bond donors (Lipinski definition) is 2. The van der Waals surface area contributed by atoms with E-state index in [0.29, 0.717) is 12.2 Å². The number of sulfonamides is 1. The molecule has 0 saturated carbocycles. The van der Waals surface area contributed by atoms with Crippen LogP contribution < -0.4 is 14.8 Å². The SMILES string of the molecule is COc1cccc(CNc2ccc(NS(C)(=O)=O)cc2)c1. The highest BCUT2D eigenvalue weighted by Crippen LogP contribution is 2.17. The minimum atomic E-state index is -3.24. The Kier molecular flexibility index (Phi) is 4.70. The summed E-state index contributed by atoms with van der Waals surface area (Å²) in [5.41, 5.74) is 2.56. The van der Waals surface area contributed by atoms with E-state index in [9.17, 15) is 8.42 Å². The van der Waals surface area contributed by atoms with Crippen molar-refractivity contribution in [3.8, 4) is 5.75 Å². The molecule has 0 fully saturated rings. The Morgan fingerprint density at radius 2 is 1.71 bits per heavy atom. The van der Waals surface area contributed by atoms with Crippen LogP contribution in [0.25, 0.3) is 0 Å². The van der Waals surface area contributed by atoms with Crippen molar-refractivity contribution in [3.63, 3.8) is 0 Å². The summed E-state index contributed by atoms with van der Waals surface area (Å²) in [7, 11) is -1.60. The van der Waals surface area contributed by atoms with E-state index >= 15 is 0 Å². The maximum absolute atomic E-state index is 11.1. The summed E-state index contributed by atoms with van der Waals surface area (Å²) < 4.78 is 29.8. The van der Waals surface area contributed by atoms with Crippen molar-refractivity contribution in [2.45, 2.75) is 6.54 Å². The van der Waals surface area contributed by atoms with Crippen LogP contribution >= 0.6 is 0 Å². The van der Waals surface area contributed by atoms with Crippen LogP contribution in [-0.4, -0.2) is 21.8 Å². The molecule has 2 N–H and O–H groups in total. The predicted molar refractivity (Wildman–Crippen MR) is 85.2 cm³/mol. The molecule has 0 aliphatic rings. The number of rotatable bonds is 6. The van der Waals surface area contributed by atoms with Crippen LogP contribution in [0.1, 0.15) is 5.56 Å². The first-order valence-electron chi connectivity index (χ1n) is 6.41. The zero-order valence-corrected chi connectivity index (χ0v) is 12.8. The zero-order chi connectivity index (χ0) is 15.3. The zero-order valence-electron chi connectivity index (χ0n) is 12.0. The minimum absolute atomic E-state index is 0.546. The summed E-state index contributed by atoms with van der Waals surface area (Å²) in [6.45, 7) is 0.663. The molecule has 112 valence electrons. The number of hydrogen-bond acceptors (Lipinski definition) is 4. The number of anilines is 2. The first kappa shape index (κ1) is 15.2. The van der Waals surface area contributed by atoms with Gasteiger partial charge >= 0.3 is 0 Å². The average molecular weight is 306 g/mol. The Hall–Kier alpha value is -2.21. The average Bonchev–Trinajstić information content (AvgIpc) is 2.45. The highest BCUT2D eigenvalue weighted by molar-refractivity contribution is 7.92. The van der Waals surface area contributed by atoms with Gasteiger partial charge < -0.3 is 10.1 Å². The summed E-state index contributed by atoms with van der Waals surface area (Å²) in [6, 6.07) is 14.9. The first-order valence-corrected chi connectivity index (χ1v) is 8.30. The summed E-state index contributed by atoms with van der Waals surface area (Å²) >= 11 is 0. The third kappa shape index (κ3) is 5.00. The van der Waals surface area contributed by atoms with Crippen LogP contribution in [0.15, 0.2) is 48.5 Å². The molecule has 5 nitrogen and oxygen atoms in total. The lowest BCUT2D eigenvalue weighted by Crippen LogP contribution is -2.09. The molecule has 0 unspecified atom stereocenters. The van der Waals surface area contributed by atoms with E-state index in [2.05, 4.69) is 10.0 Å². The van der Waals surface area contributed by atoms with Crippen molar-refractivity contribution in [1.29, 1.82) is 0 Å². The maximum Gasteiger partial charge on any atom is 0.229 e. The van der Waals surface area contributed by atoms with Gasteiger partial charge in [0.15, 0.2) is 0 Å². The van der Waals surface area contributed by atoms with E-state index in [-0.39, 0.29) is 0 Å². The topological polar surface area (TPSA) is 67.4 Å². The number of nitrogens with one attached hydrogen (secondary N) is 2. The van der Waals surface area contributed by atoms with Gasteiger partial charge in [-0.05, 0) is 42.0 Å². The predicted octanol–water partition coefficient (Wildman–Crippen LogP) is 2.68. The van der Waals surface area contributed by atoms with Crippen molar-refractivity contribution in [1.82, 2.24) is 0 Å². The Morgan fingerprint density at radius 3 is 2.33 bits per heavy atom. The summed E-state index contributed by atoms with van der Waals surface area (Å²) in [5.74, 6) is 0.821. The number of benzene rings is 2. The van der Waals surface area contributed by atoms with Crippen LogP contribution in [-0.2, 0) is 16.6 Å². The van der Waals surface area contributed by atoms with Gasteiger partial charge in [0.25, 0.3) is 0 Å². The molecule has 0 amide bonds. The van der Waals surface area contributed by atoms with Gasteiger partial charge in [0.2, 0.25) is 10.0 Å². The standard InChI is InChI=1S/C15H18N2O3S/c1-20-15-5-3-4-12(10-15)11-16-13-6-8-14(9-7-13)17-21(2,18)19/h3-10,16-17H,11H2,1-2H3. The summed E-state index contributed by atoms with van der Waals surface area (Å²) in [6.07, 6.45) is 1.13. The normalized spacial score (nSPS) is 11.0. The molecule has 0 spiro atoms. The lowest BCUT2D eigenvalue weighted by Gasteiger charge is -2.09. The van der Waals surface area contributed by atoms with Gasteiger partial charge in [0.05, 0.1) is 13.4 Å².